The van der Waals surface area contributed by atoms with Crippen LogP contribution in [0.15, 0.2) is 0 Å². The molecule has 0 aliphatic rings. The number of aliphatic carboxylic acids is 2. The molecule has 3 atom stereocenters. The molecule has 13 nitrogen and oxygen atoms in total. The molecule has 0 saturated heterocycles. The van der Waals surface area contributed by atoms with Crippen LogP contribution in [-0.4, -0.2) is 77.8 Å². The summed E-state index contributed by atoms with van der Waals surface area (Å²) in [6, 6.07) is -5.35. The molecule has 0 saturated carbocycles. The van der Waals surface area contributed by atoms with E-state index in [4.69, 9.17) is 10.2 Å². The van der Waals surface area contributed by atoms with Crippen molar-refractivity contribution in [2.24, 2.45) is 0 Å². The predicted molar refractivity (Wildman–Crippen MR) is 83.4 cm³/mol. The molecular weight excluding hydrogens is 370 g/mol. The number of hydrogen-bond acceptors (Lipinski definition) is 8. The Hall–Kier alpha value is -3.09. The van der Waals surface area contributed by atoms with Gasteiger partial charge in [-0.25, -0.2) is 19.4 Å². The fourth-order valence-electron chi connectivity index (χ4n) is 1.78. The van der Waals surface area contributed by atoms with Crippen LogP contribution in [-0.2, 0) is 24.0 Å². The molecule has 150 valence electrons. The molecule has 3 unspecified atom stereocenters. The lowest BCUT2D eigenvalue weighted by Crippen LogP contribution is -2.52. The number of carboxylic acid groups (broad SMARTS) is 2. The normalized spacial score (nSPS) is 13.8. The van der Waals surface area contributed by atoms with E-state index in [1.165, 1.54) is 0 Å². The molecule has 0 radical (unpaired) electrons. The molecule has 0 aromatic heterocycles. The summed E-state index contributed by atoms with van der Waals surface area (Å²) >= 11 is 0. The Kier molecular flexibility index (Phi) is 8.99. The van der Waals surface area contributed by atoms with Crippen molar-refractivity contribution in [1.29, 1.82) is 0 Å². The highest BCUT2D eigenvalue weighted by Crippen LogP contribution is 2.07. The highest BCUT2D eigenvalue weighted by Gasteiger charge is 2.46. The van der Waals surface area contributed by atoms with Crippen LogP contribution in [0.4, 0.5) is 0 Å². The quantitative estimate of drug-likeness (QED) is 0.244. The van der Waals surface area contributed by atoms with Crippen molar-refractivity contribution in [1.82, 2.24) is 5.06 Å². The first kappa shape index (κ1) is 23.9. The van der Waals surface area contributed by atoms with Crippen molar-refractivity contribution in [2.75, 3.05) is 0 Å². The average molecular weight is 391 g/mol. The molecule has 0 aliphatic carbocycles. The summed E-state index contributed by atoms with van der Waals surface area (Å²) in [6.45, 7) is 2.80. The third kappa shape index (κ3) is 6.62. The van der Waals surface area contributed by atoms with E-state index in [1.54, 1.807) is 0 Å². The van der Waals surface area contributed by atoms with E-state index in [1.807, 2.05) is 0 Å². The zero-order chi connectivity index (χ0) is 21.5. The highest BCUT2D eigenvalue weighted by atomic mass is 16.5. The minimum absolute atomic E-state index is 0.135. The molecule has 13 heteroatoms. The lowest BCUT2D eigenvalue weighted by Gasteiger charge is -2.18. The lowest BCUT2D eigenvalue weighted by molar-refractivity contribution is -0.500. The van der Waals surface area contributed by atoms with Gasteiger partial charge >= 0.3 is 35.7 Å². The number of carbonyl (C=O) groups is 5. The summed E-state index contributed by atoms with van der Waals surface area (Å²) in [4.78, 5) is 80.0. The molecule has 0 fully saturated rings. The smallest absolute Gasteiger partial charge is 0.458 e. The molecule has 3 N–H and O–H groups in total. The van der Waals surface area contributed by atoms with Gasteiger partial charge in [0.05, 0.1) is 15.9 Å². The zero-order valence-corrected chi connectivity index (χ0v) is 14.9. The van der Waals surface area contributed by atoms with Gasteiger partial charge in [-0.3, -0.25) is 14.8 Å². The minimum atomic E-state index is -1.81. The Morgan fingerprint density at radius 3 is 1.85 bits per heavy atom. The van der Waals surface area contributed by atoms with Crippen molar-refractivity contribution in [3.8, 4) is 0 Å². The second-order valence-electron chi connectivity index (χ2n) is 5.68. The van der Waals surface area contributed by atoms with Crippen LogP contribution in [0.1, 0.15) is 40.0 Å². The number of amides is 3. The Bertz CT molecular complexity index is 674. The number of carbonyl (C=O) groups excluding carboxylic acids is 3. The SMILES string of the molecule is CC(C(=O)[N+](=O)C(C)C(=O)O)N(O)C(=O)C(C)[N+](=O)C(=O)CCCC(=O)O. The Balaban J connectivity index is 4.99. The van der Waals surface area contributed by atoms with Gasteiger partial charge in [-0.05, 0) is 13.3 Å². The minimum Gasteiger partial charge on any atom is -0.481 e. The van der Waals surface area contributed by atoms with Crippen LogP contribution in [0.5, 0.6) is 0 Å². The van der Waals surface area contributed by atoms with E-state index >= 15 is 0 Å². The maximum absolute atomic E-state index is 12.0. The topological polar surface area (TPSA) is 189 Å². The molecular formula is C14H21N3O10+2. The van der Waals surface area contributed by atoms with Crippen LogP contribution >= 0.6 is 0 Å². The first-order valence-corrected chi connectivity index (χ1v) is 7.78. The Labute approximate surface area is 152 Å². The van der Waals surface area contributed by atoms with Gasteiger partial charge in [0, 0.05) is 30.1 Å². The molecule has 0 aromatic carbocycles. The standard InChI is InChI=1S/C14H19N3O10/c1-7(15(25)10(18)5-4-6-11(19)20)12(21)16(26)8(2)13(22)17(27)9(3)14(23)24/h7-9,26H,4-6H2,1-3H3/p+2. The van der Waals surface area contributed by atoms with Crippen LogP contribution in [0, 0.1) is 9.81 Å². The van der Waals surface area contributed by atoms with Gasteiger partial charge in [-0.2, -0.15) is 0 Å². The van der Waals surface area contributed by atoms with Crippen molar-refractivity contribution in [3.63, 3.8) is 0 Å². The third-order valence-electron chi connectivity index (χ3n) is 3.61. The summed E-state index contributed by atoms with van der Waals surface area (Å²) in [6.07, 6.45) is -0.942. The number of hydrogen-bond donors (Lipinski definition) is 3. The summed E-state index contributed by atoms with van der Waals surface area (Å²) in [5, 5.41) is 26.7. The van der Waals surface area contributed by atoms with E-state index in [0.717, 1.165) is 20.8 Å². The van der Waals surface area contributed by atoms with Gasteiger partial charge in [-0.1, -0.05) is 0 Å². The summed E-state index contributed by atoms with van der Waals surface area (Å²) < 4.78 is -0.723. The summed E-state index contributed by atoms with van der Waals surface area (Å²) in [7, 11) is 0. The monoisotopic (exact) mass is 391 g/mol. The predicted octanol–water partition coefficient (Wildman–Crippen LogP) is -0.680. The second kappa shape index (κ2) is 10.2. The molecule has 0 heterocycles. The number of nitrogens with zero attached hydrogens (tertiary/aromatic N) is 3. The lowest BCUT2D eigenvalue weighted by atomic mass is 10.2. The molecule has 0 rings (SSSR count). The van der Waals surface area contributed by atoms with Gasteiger partial charge in [0.25, 0.3) is 6.04 Å². The third-order valence-corrected chi connectivity index (χ3v) is 3.61. The van der Waals surface area contributed by atoms with E-state index in [-0.39, 0.29) is 22.7 Å². The van der Waals surface area contributed by atoms with Gasteiger partial charge in [0.15, 0.2) is 6.04 Å². The average Bonchev–Trinajstić information content (AvgIpc) is 2.62. The van der Waals surface area contributed by atoms with Gasteiger partial charge in [0.2, 0.25) is 0 Å². The fraction of sp³-hybridized carbons (Fsp3) is 0.643. The number of nitroso groups, excluding NO2 is 2. The van der Waals surface area contributed by atoms with Crippen LogP contribution in [0.3, 0.4) is 0 Å². The molecule has 3 amide bonds. The summed E-state index contributed by atoms with van der Waals surface area (Å²) in [5.41, 5.74) is 0. The molecule has 0 aliphatic heterocycles. The summed E-state index contributed by atoms with van der Waals surface area (Å²) in [5.74, 6) is -6.70. The van der Waals surface area contributed by atoms with Crippen molar-refractivity contribution < 1.29 is 48.9 Å². The maximum atomic E-state index is 12.0. The van der Waals surface area contributed by atoms with Crippen molar-refractivity contribution >= 4 is 29.7 Å². The second-order valence-corrected chi connectivity index (χ2v) is 5.68. The van der Waals surface area contributed by atoms with Crippen molar-refractivity contribution in [2.45, 2.75) is 58.2 Å². The maximum Gasteiger partial charge on any atom is 0.458 e. The Morgan fingerprint density at radius 2 is 1.41 bits per heavy atom. The first-order chi connectivity index (χ1) is 12.3. The van der Waals surface area contributed by atoms with Crippen LogP contribution in [0.2, 0.25) is 0 Å². The van der Waals surface area contributed by atoms with Gasteiger partial charge in [0.1, 0.15) is 0 Å². The van der Waals surface area contributed by atoms with E-state index < -0.39 is 59.0 Å². The molecule has 0 bridgehead atoms. The highest BCUT2D eigenvalue weighted by molar-refractivity contribution is 5.86. The Morgan fingerprint density at radius 1 is 0.889 bits per heavy atom. The zero-order valence-electron chi connectivity index (χ0n) is 14.9. The van der Waals surface area contributed by atoms with E-state index in [2.05, 4.69) is 0 Å². The first-order valence-electron chi connectivity index (χ1n) is 7.78. The molecule has 0 spiro atoms. The number of hydroxylamine groups is 2. The number of carboxylic acids is 2. The van der Waals surface area contributed by atoms with Crippen molar-refractivity contribution in [3.05, 3.63) is 9.81 Å². The van der Waals surface area contributed by atoms with Crippen LogP contribution in [0.25, 0.3) is 0 Å². The molecule has 0 aromatic rings. The fourth-order valence-corrected chi connectivity index (χ4v) is 1.78. The van der Waals surface area contributed by atoms with Gasteiger partial charge in [-0.15, -0.1) is 0 Å². The van der Waals surface area contributed by atoms with E-state index in [0.29, 0.717) is 0 Å². The number of rotatable bonds is 10. The van der Waals surface area contributed by atoms with E-state index in [9.17, 15) is 39.0 Å². The molecule has 27 heavy (non-hydrogen) atoms. The van der Waals surface area contributed by atoms with Crippen LogP contribution < -0.4 is 0 Å². The largest absolute Gasteiger partial charge is 0.481 e. The van der Waals surface area contributed by atoms with Gasteiger partial charge < -0.3 is 10.2 Å².